The van der Waals surface area contributed by atoms with Crippen molar-refractivity contribution in [2.45, 2.75) is 40.0 Å². The van der Waals surface area contributed by atoms with Gasteiger partial charge in [-0.1, -0.05) is 33.6 Å². The van der Waals surface area contributed by atoms with Crippen LogP contribution in [-0.2, 0) is 9.53 Å². The molecular formula is C10H19O2. The minimum absolute atomic E-state index is 0.506. The van der Waals surface area contributed by atoms with Crippen LogP contribution in [0.15, 0.2) is 0 Å². The van der Waals surface area contributed by atoms with Gasteiger partial charge in [0.15, 0.2) is 0 Å². The number of ether oxygens (including phenoxy) is 1. The minimum atomic E-state index is 0.506. The van der Waals surface area contributed by atoms with Crippen LogP contribution in [-0.4, -0.2) is 13.1 Å². The summed E-state index contributed by atoms with van der Waals surface area (Å²) in [5.41, 5.74) is 0. The van der Waals surface area contributed by atoms with Gasteiger partial charge in [0.25, 0.3) is 0 Å². The van der Waals surface area contributed by atoms with Gasteiger partial charge < -0.3 is 4.74 Å². The summed E-state index contributed by atoms with van der Waals surface area (Å²) in [7, 11) is 0. The van der Waals surface area contributed by atoms with E-state index in [4.69, 9.17) is 0 Å². The van der Waals surface area contributed by atoms with E-state index in [-0.39, 0.29) is 0 Å². The Hall–Kier alpha value is -0.530. The normalized spacial score (nSPS) is 13.0. The van der Waals surface area contributed by atoms with E-state index in [0.29, 0.717) is 18.4 Å². The summed E-state index contributed by atoms with van der Waals surface area (Å²) < 4.78 is 4.65. The molecule has 0 saturated carbocycles. The molecule has 1 radical (unpaired) electrons. The van der Waals surface area contributed by atoms with E-state index in [1.54, 1.807) is 0 Å². The van der Waals surface area contributed by atoms with Crippen molar-refractivity contribution >= 4 is 6.47 Å². The molecule has 1 unspecified atom stereocenters. The number of unbranched alkanes of at least 4 members (excludes halogenated alkanes) is 1. The molecule has 0 aromatic carbocycles. The van der Waals surface area contributed by atoms with Crippen molar-refractivity contribution in [2.75, 3.05) is 6.61 Å². The molecule has 0 heterocycles. The van der Waals surface area contributed by atoms with Crippen LogP contribution in [0, 0.1) is 11.8 Å². The predicted molar refractivity (Wildman–Crippen MR) is 49.5 cm³/mol. The Balaban J connectivity index is 3.61. The predicted octanol–water partition coefficient (Wildman–Crippen LogP) is 2.53. The second-order valence-electron chi connectivity index (χ2n) is 3.54. The van der Waals surface area contributed by atoms with Crippen LogP contribution in [0.4, 0.5) is 0 Å². The fourth-order valence-electron chi connectivity index (χ4n) is 1.22. The Bertz CT molecular complexity index is 110. The molecule has 1 atom stereocenters. The van der Waals surface area contributed by atoms with E-state index >= 15 is 0 Å². The fourth-order valence-corrected chi connectivity index (χ4v) is 1.22. The summed E-state index contributed by atoms with van der Waals surface area (Å²) in [6, 6.07) is 0. The summed E-state index contributed by atoms with van der Waals surface area (Å²) in [5.74, 6) is 1.09. The molecule has 0 aromatic rings. The Morgan fingerprint density at radius 3 is 2.50 bits per heavy atom. The minimum Gasteiger partial charge on any atom is -0.457 e. The number of hydrogen-bond acceptors (Lipinski definition) is 2. The van der Waals surface area contributed by atoms with Crippen molar-refractivity contribution in [3.05, 3.63) is 0 Å². The molecule has 71 valence electrons. The van der Waals surface area contributed by atoms with Gasteiger partial charge >= 0.3 is 6.47 Å². The molecule has 0 fully saturated rings. The van der Waals surface area contributed by atoms with E-state index < -0.39 is 0 Å². The van der Waals surface area contributed by atoms with Crippen LogP contribution >= 0.6 is 0 Å². The third kappa shape index (κ3) is 5.16. The van der Waals surface area contributed by atoms with Crippen LogP contribution in [0.25, 0.3) is 0 Å². The SMILES string of the molecule is CCCCC(CO[C]=O)C(C)C. The highest BCUT2D eigenvalue weighted by Crippen LogP contribution is 2.17. The molecule has 0 bridgehead atoms. The topological polar surface area (TPSA) is 26.3 Å². The zero-order chi connectivity index (χ0) is 9.40. The quantitative estimate of drug-likeness (QED) is 0.588. The van der Waals surface area contributed by atoms with Crippen molar-refractivity contribution in [3.8, 4) is 0 Å². The molecule has 0 aromatic heterocycles. The first-order chi connectivity index (χ1) is 5.72. The highest BCUT2D eigenvalue weighted by Gasteiger charge is 2.12. The lowest BCUT2D eigenvalue weighted by Crippen LogP contribution is -2.15. The standard InChI is InChI=1S/C10H19O2/c1-4-5-6-10(9(2)3)7-12-8-11/h9-10H,4-7H2,1-3H3. The summed E-state index contributed by atoms with van der Waals surface area (Å²) in [6.45, 7) is 8.50. The lowest BCUT2D eigenvalue weighted by atomic mass is 9.91. The molecule has 2 heteroatoms. The van der Waals surface area contributed by atoms with Crippen LogP contribution in [0.1, 0.15) is 40.0 Å². The monoisotopic (exact) mass is 171 g/mol. The van der Waals surface area contributed by atoms with Crippen molar-refractivity contribution < 1.29 is 9.53 Å². The summed E-state index contributed by atoms with van der Waals surface area (Å²) in [4.78, 5) is 9.86. The Morgan fingerprint density at radius 1 is 1.42 bits per heavy atom. The first kappa shape index (κ1) is 11.5. The third-order valence-corrected chi connectivity index (χ3v) is 2.23. The lowest BCUT2D eigenvalue weighted by molar-refractivity contribution is 0.179. The smallest absolute Gasteiger partial charge is 0.417 e. The zero-order valence-corrected chi connectivity index (χ0v) is 8.30. The fraction of sp³-hybridized carbons (Fsp3) is 0.900. The van der Waals surface area contributed by atoms with Gasteiger partial charge in [-0.05, 0) is 18.3 Å². The number of carbonyl (C=O) groups excluding carboxylic acids is 1. The maximum atomic E-state index is 9.86. The third-order valence-electron chi connectivity index (χ3n) is 2.23. The van der Waals surface area contributed by atoms with E-state index in [0.717, 1.165) is 6.42 Å². The van der Waals surface area contributed by atoms with E-state index in [1.165, 1.54) is 19.3 Å². The average molecular weight is 171 g/mol. The van der Waals surface area contributed by atoms with Gasteiger partial charge in [-0.15, -0.1) is 0 Å². The second-order valence-corrected chi connectivity index (χ2v) is 3.54. The molecule has 0 aliphatic rings. The molecule has 0 rings (SSSR count). The molecule has 2 nitrogen and oxygen atoms in total. The van der Waals surface area contributed by atoms with Gasteiger partial charge in [0.1, 0.15) is 0 Å². The Morgan fingerprint density at radius 2 is 2.08 bits per heavy atom. The van der Waals surface area contributed by atoms with E-state index in [1.807, 2.05) is 0 Å². The summed E-state index contributed by atoms with van der Waals surface area (Å²) in [5, 5.41) is 0. The first-order valence-electron chi connectivity index (χ1n) is 4.71. The first-order valence-corrected chi connectivity index (χ1v) is 4.71. The molecule has 0 N–H and O–H groups in total. The van der Waals surface area contributed by atoms with Crippen LogP contribution in [0.3, 0.4) is 0 Å². The zero-order valence-electron chi connectivity index (χ0n) is 8.30. The maximum Gasteiger partial charge on any atom is 0.417 e. The molecule has 12 heavy (non-hydrogen) atoms. The van der Waals surface area contributed by atoms with Crippen molar-refractivity contribution in [3.63, 3.8) is 0 Å². The molecule has 0 amide bonds. The summed E-state index contributed by atoms with van der Waals surface area (Å²) >= 11 is 0. The maximum absolute atomic E-state index is 9.86. The number of hydrogen-bond donors (Lipinski definition) is 0. The Kier molecular flexibility index (Phi) is 6.82. The Labute approximate surface area is 75.3 Å². The number of rotatable bonds is 7. The van der Waals surface area contributed by atoms with Gasteiger partial charge in [0.05, 0.1) is 6.61 Å². The largest absolute Gasteiger partial charge is 0.457 e. The molecular weight excluding hydrogens is 152 g/mol. The highest BCUT2D eigenvalue weighted by molar-refractivity contribution is 5.38. The van der Waals surface area contributed by atoms with Crippen molar-refractivity contribution in [2.24, 2.45) is 11.8 Å². The molecule has 0 saturated heterocycles. The lowest BCUT2D eigenvalue weighted by Gasteiger charge is -2.18. The molecule has 0 aliphatic carbocycles. The summed E-state index contributed by atoms with van der Waals surface area (Å²) in [6.07, 6.45) is 3.56. The van der Waals surface area contributed by atoms with Gasteiger partial charge in [-0.25, -0.2) is 4.79 Å². The molecule has 0 aliphatic heterocycles. The average Bonchev–Trinajstić information content (AvgIpc) is 2.04. The van der Waals surface area contributed by atoms with Crippen LogP contribution < -0.4 is 0 Å². The van der Waals surface area contributed by atoms with Crippen LogP contribution in [0.2, 0.25) is 0 Å². The molecule has 0 spiro atoms. The van der Waals surface area contributed by atoms with E-state index in [9.17, 15) is 4.79 Å². The van der Waals surface area contributed by atoms with Gasteiger partial charge in [-0.2, -0.15) is 0 Å². The van der Waals surface area contributed by atoms with Gasteiger partial charge in [0.2, 0.25) is 0 Å². The van der Waals surface area contributed by atoms with Gasteiger partial charge in [0, 0.05) is 0 Å². The van der Waals surface area contributed by atoms with E-state index in [2.05, 4.69) is 25.5 Å². The van der Waals surface area contributed by atoms with Crippen LogP contribution in [0.5, 0.6) is 0 Å². The van der Waals surface area contributed by atoms with Crippen molar-refractivity contribution in [1.29, 1.82) is 0 Å². The second kappa shape index (κ2) is 7.14. The van der Waals surface area contributed by atoms with Gasteiger partial charge in [-0.3, -0.25) is 0 Å². The highest BCUT2D eigenvalue weighted by atomic mass is 16.5. The van der Waals surface area contributed by atoms with Crippen molar-refractivity contribution in [1.82, 2.24) is 0 Å².